The van der Waals surface area contributed by atoms with Crippen LogP contribution >= 0.6 is 23.2 Å². The summed E-state index contributed by atoms with van der Waals surface area (Å²) in [5.74, 6) is 0.747. The highest BCUT2D eigenvalue weighted by Gasteiger charge is 2.42. The molecule has 3 aromatic carbocycles. The number of likely N-dealkylation sites (tertiary alicyclic amines) is 1. The third kappa shape index (κ3) is 5.72. The van der Waals surface area contributed by atoms with Gasteiger partial charge in [-0.3, -0.25) is 4.79 Å². The Hall–Kier alpha value is -2.57. The Morgan fingerprint density at radius 3 is 2.61 bits per heavy atom. The fourth-order valence-corrected chi connectivity index (χ4v) is 6.10. The number of carbonyl (C=O) groups excluding carboxylic acids is 1. The minimum Gasteiger partial charge on any atom is -0.497 e. The summed E-state index contributed by atoms with van der Waals surface area (Å²) in [5.41, 5.74) is 4.25. The summed E-state index contributed by atoms with van der Waals surface area (Å²) >= 11 is 12.6. The van der Waals surface area contributed by atoms with Gasteiger partial charge in [-0.05, 0) is 72.8 Å². The van der Waals surface area contributed by atoms with Crippen molar-refractivity contribution in [2.45, 2.75) is 37.4 Å². The normalized spacial score (nSPS) is 17.3. The van der Waals surface area contributed by atoms with Gasteiger partial charge >= 0.3 is 0 Å². The summed E-state index contributed by atoms with van der Waals surface area (Å²) in [6, 6.07) is 21.7. The number of carbonyl (C=O) groups is 1. The maximum Gasteiger partial charge on any atom is 0.253 e. The molecule has 1 atom stereocenters. The average Bonchev–Trinajstić information content (AvgIpc) is 3.31. The molecule has 0 aliphatic carbocycles. The SMILES string of the molecule is COc1cccc(C(=O)N(C)CC(CCN2CCC3(CC2)OCc2ccccc23)c2ccc(Cl)c(Cl)c2)c1. The molecule has 1 unspecified atom stereocenters. The van der Waals surface area contributed by atoms with E-state index < -0.39 is 0 Å². The molecule has 0 radical (unpaired) electrons. The Balaban J connectivity index is 1.26. The minimum absolute atomic E-state index is 0.0362. The highest BCUT2D eigenvalue weighted by molar-refractivity contribution is 6.42. The molecule has 2 heterocycles. The number of amides is 1. The molecular formula is C31H34Cl2N2O3. The Labute approximate surface area is 235 Å². The van der Waals surface area contributed by atoms with Crippen LogP contribution in [0.15, 0.2) is 66.7 Å². The van der Waals surface area contributed by atoms with Crippen LogP contribution in [0.3, 0.4) is 0 Å². The van der Waals surface area contributed by atoms with E-state index in [4.69, 9.17) is 32.7 Å². The van der Waals surface area contributed by atoms with Crippen molar-refractivity contribution in [3.8, 4) is 5.75 Å². The van der Waals surface area contributed by atoms with Crippen LogP contribution in [0.2, 0.25) is 10.0 Å². The second-order valence-corrected chi connectivity index (χ2v) is 11.2. The number of fused-ring (bicyclic) bond motifs is 2. The van der Waals surface area contributed by atoms with E-state index in [1.165, 1.54) is 11.1 Å². The van der Waals surface area contributed by atoms with Gasteiger partial charge in [-0.25, -0.2) is 0 Å². The third-order valence-corrected chi connectivity index (χ3v) is 8.78. The van der Waals surface area contributed by atoms with Crippen LogP contribution in [0, 0.1) is 0 Å². The molecule has 2 aliphatic rings. The average molecular weight is 554 g/mol. The van der Waals surface area contributed by atoms with Gasteiger partial charge in [0.15, 0.2) is 0 Å². The van der Waals surface area contributed by atoms with Crippen molar-refractivity contribution < 1.29 is 14.3 Å². The van der Waals surface area contributed by atoms with Crippen molar-refractivity contribution in [3.63, 3.8) is 0 Å². The maximum absolute atomic E-state index is 13.2. The molecule has 7 heteroatoms. The van der Waals surface area contributed by atoms with Gasteiger partial charge < -0.3 is 19.3 Å². The van der Waals surface area contributed by atoms with Gasteiger partial charge in [0, 0.05) is 38.2 Å². The molecule has 5 nitrogen and oxygen atoms in total. The van der Waals surface area contributed by atoms with Gasteiger partial charge in [0.25, 0.3) is 5.91 Å². The molecule has 2 aliphatic heterocycles. The van der Waals surface area contributed by atoms with Crippen LogP contribution in [-0.4, -0.2) is 56.0 Å². The highest BCUT2D eigenvalue weighted by atomic mass is 35.5. The number of methoxy groups -OCH3 is 1. The fourth-order valence-electron chi connectivity index (χ4n) is 5.79. The Morgan fingerprint density at radius 2 is 1.84 bits per heavy atom. The second kappa shape index (κ2) is 11.7. The quantitative estimate of drug-likeness (QED) is 0.309. The number of benzene rings is 3. The molecule has 1 saturated heterocycles. The summed E-state index contributed by atoms with van der Waals surface area (Å²) in [7, 11) is 3.46. The molecule has 38 heavy (non-hydrogen) atoms. The summed E-state index contributed by atoms with van der Waals surface area (Å²) in [5, 5.41) is 1.07. The van der Waals surface area contributed by atoms with Crippen LogP contribution < -0.4 is 4.74 Å². The lowest BCUT2D eigenvalue weighted by Crippen LogP contribution is -2.43. The van der Waals surface area contributed by atoms with Crippen LogP contribution in [0.4, 0.5) is 0 Å². The van der Waals surface area contributed by atoms with E-state index in [1.807, 2.05) is 43.4 Å². The predicted octanol–water partition coefficient (Wildman–Crippen LogP) is 6.77. The monoisotopic (exact) mass is 552 g/mol. The van der Waals surface area contributed by atoms with Crippen LogP contribution in [0.5, 0.6) is 5.75 Å². The molecule has 1 spiro atoms. The molecule has 5 rings (SSSR count). The zero-order valence-electron chi connectivity index (χ0n) is 22.0. The van der Waals surface area contributed by atoms with Gasteiger partial charge in [-0.1, -0.05) is 59.6 Å². The van der Waals surface area contributed by atoms with Gasteiger partial charge in [-0.15, -0.1) is 0 Å². The molecule has 3 aromatic rings. The molecule has 1 amide bonds. The van der Waals surface area contributed by atoms with Gasteiger partial charge in [-0.2, -0.15) is 0 Å². The van der Waals surface area contributed by atoms with Crippen molar-refractivity contribution >= 4 is 29.1 Å². The Morgan fingerprint density at radius 1 is 1.05 bits per heavy atom. The van der Waals surface area contributed by atoms with Crippen molar-refractivity contribution in [2.75, 3.05) is 40.3 Å². The summed E-state index contributed by atoms with van der Waals surface area (Å²) in [6.07, 6.45) is 2.89. The van der Waals surface area contributed by atoms with E-state index in [0.717, 1.165) is 44.5 Å². The number of nitrogens with zero attached hydrogens (tertiary/aromatic N) is 2. The molecule has 200 valence electrons. The molecule has 1 fully saturated rings. The molecule has 0 aromatic heterocycles. The van der Waals surface area contributed by atoms with E-state index in [-0.39, 0.29) is 17.4 Å². The minimum atomic E-state index is -0.139. The second-order valence-electron chi connectivity index (χ2n) is 10.4. The number of ether oxygens (including phenoxy) is 2. The van der Waals surface area contributed by atoms with E-state index in [0.29, 0.717) is 34.5 Å². The number of piperidine rings is 1. The fraction of sp³-hybridized carbons (Fsp3) is 0.387. The summed E-state index contributed by atoms with van der Waals surface area (Å²) in [6.45, 7) is 4.19. The van der Waals surface area contributed by atoms with Crippen LogP contribution in [0.1, 0.15) is 52.2 Å². The van der Waals surface area contributed by atoms with Crippen LogP contribution in [0.25, 0.3) is 0 Å². The lowest BCUT2D eigenvalue weighted by atomic mass is 9.83. The van der Waals surface area contributed by atoms with Crippen molar-refractivity contribution in [2.24, 2.45) is 0 Å². The standard InChI is InChI=1S/C31H34Cl2N2O3/c1-34(30(36)23-7-5-8-26(18-23)37-2)20-24(22-10-11-28(32)29(33)19-22)12-15-35-16-13-31(14-17-35)27-9-4-3-6-25(27)21-38-31/h3-11,18-19,24H,12-17,20-21H2,1-2H3. The first kappa shape index (κ1) is 27.0. The van der Waals surface area contributed by atoms with Crippen molar-refractivity contribution in [1.82, 2.24) is 9.80 Å². The number of halogens is 2. The predicted molar refractivity (Wildman–Crippen MR) is 152 cm³/mol. The van der Waals surface area contributed by atoms with Gasteiger partial charge in [0.1, 0.15) is 5.75 Å². The number of hydrogen-bond donors (Lipinski definition) is 0. The Bertz CT molecular complexity index is 1290. The topological polar surface area (TPSA) is 42.0 Å². The first-order valence-corrected chi connectivity index (χ1v) is 13.9. The number of rotatable bonds is 8. The lowest BCUT2D eigenvalue weighted by molar-refractivity contribution is -0.0790. The first-order chi connectivity index (χ1) is 18.4. The number of hydrogen-bond acceptors (Lipinski definition) is 4. The molecule has 0 N–H and O–H groups in total. The number of likely N-dealkylation sites (N-methyl/N-ethyl adjacent to an activating group) is 1. The third-order valence-electron chi connectivity index (χ3n) is 8.04. The van der Waals surface area contributed by atoms with Gasteiger partial charge in [0.05, 0.1) is 29.4 Å². The zero-order chi connectivity index (χ0) is 26.7. The largest absolute Gasteiger partial charge is 0.497 e. The van der Waals surface area contributed by atoms with E-state index >= 15 is 0 Å². The first-order valence-electron chi connectivity index (χ1n) is 13.2. The Kier molecular flexibility index (Phi) is 8.29. The summed E-state index contributed by atoms with van der Waals surface area (Å²) < 4.78 is 11.7. The van der Waals surface area contributed by atoms with E-state index in [9.17, 15) is 4.79 Å². The van der Waals surface area contributed by atoms with Gasteiger partial charge in [0.2, 0.25) is 0 Å². The highest BCUT2D eigenvalue weighted by Crippen LogP contribution is 2.44. The summed E-state index contributed by atoms with van der Waals surface area (Å²) in [4.78, 5) is 17.6. The molecule has 0 bridgehead atoms. The smallest absolute Gasteiger partial charge is 0.253 e. The molecule has 0 saturated carbocycles. The van der Waals surface area contributed by atoms with Crippen molar-refractivity contribution in [1.29, 1.82) is 0 Å². The maximum atomic E-state index is 13.2. The van der Waals surface area contributed by atoms with Crippen LogP contribution in [-0.2, 0) is 16.9 Å². The lowest BCUT2D eigenvalue weighted by Gasteiger charge is -2.40. The van der Waals surface area contributed by atoms with E-state index in [2.05, 4.69) is 29.2 Å². The molecular weight excluding hydrogens is 519 g/mol. The zero-order valence-corrected chi connectivity index (χ0v) is 23.5. The van der Waals surface area contributed by atoms with E-state index in [1.54, 1.807) is 18.1 Å². The van der Waals surface area contributed by atoms with Crippen molar-refractivity contribution in [3.05, 3.63) is 99.0 Å².